The van der Waals surface area contributed by atoms with Crippen molar-refractivity contribution in [3.63, 3.8) is 0 Å². The second-order valence-corrected chi connectivity index (χ2v) is 9.63. The summed E-state index contributed by atoms with van der Waals surface area (Å²) >= 11 is 0. The van der Waals surface area contributed by atoms with Gasteiger partial charge in [0.15, 0.2) is 0 Å². The van der Waals surface area contributed by atoms with Crippen molar-refractivity contribution in [1.29, 1.82) is 0 Å². The molecule has 2 aromatic carbocycles. The number of benzene rings is 2. The number of amides is 2. The number of aliphatic carboxylic acids is 1. The van der Waals surface area contributed by atoms with Crippen molar-refractivity contribution in [3.8, 4) is 11.1 Å². The van der Waals surface area contributed by atoms with Crippen LogP contribution in [0.1, 0.15) is 37.8 Å². The Kier molecular flexibility index (Phi) is 7.94. The predicted octanol–water partition coefficient (Wildman–Crippen LogP) is 3.50. The van der Waals surface area contributed by atoms with Gasteiger partial charge in [-0.1, -0.05) is 69.3 Å². The monoisotopic (exact) mass is 468 g/mol. The van der Waals surface area contributed by atoms with E-state index in [-0.39, 0.29) is 31.1 Å². The Balaban J connectivity index is 1.69. The van der Waals surface area contributed by atoms with Crippen LogP contribution in [-0.4, -0.2) is 67.4 Å². The lowest BCUT2D eigenvalue weighted by Crippen LogP contribution is -2.53. The van der Waals surface area contributed by atoms with Crippen molar-refractivity contribution in [2.45, 2.75) is 32.7 Å². The van der Waals surface area contributed by atoms with Crippen LogP contribution in [0.25, 0.3) is 11.1 Å². The first-order valence-corrected chi connectivity index (χ1v) is 11.2. The number of carbonyl (C=O) groups is 3. The first-order chi connectivity index (χ1) is 16.1. The van der Waals surface area contributed by atoms with Gasteiger partial charge < -0.3 is 24.8 Å². The van der Waals surface area contributed by atoms with Gasteiger partial charge in [0.05, 0.1) is 6.61 Å². The molecule has 2 aromatic rings. The van der Waals surface area contributed by atoms with Gasteiger partial charge in [-0.2, -0.15) is 0 Å². The molecular formula is C26H32N2O6. The molecule has 1 atom stereocenters. The molecule has 0 bridgehead atoms. The van der Waals surface area contributed by atoms with E-state index in [0.717, 1.165) is 22.3 Å². The normalized spacial score (nSPS) is 13.5. The Morgan fingerprint density at radius 3 is 2.09 bits per heavy atom. The van der Waals surface area contributed by atoms with Crippen LogP contribution in [0.15, 0.2) is 48.5 Å². The third-order valence-electron chi connectivity index (χ3n) is 5.57. The van der Waals surface area contributed by atoms with Gasteiger partial charge >= 0.3 is 12.1 Å². The van der Waals surface area contributed by atoms with E-state index in [1.165, 1.54) is 12.0 Å². The summed E-state index contributed by atoms with van der Waals surface area (Å²) < 4.78 is 10.7. The highest BCUT2D eigenvalue weighted by atomic mass is 16.5. The number of carbonyl (C=O) groups excluding carboxylic acids is 2. The van der Waals surface area contributed by atoms with E-state index < -0.39 is 30.6 Å². The zero-order valence-electron chi connectivity index (χ0n) is 20.0. The van der Waals surface area contributed by atoms with E-state index in [2.05, 4.69) is 5.32 Å². The van der Waals surface area contributed by atoms with E-state index in [1.807, 2.05) is 69.3 Å². The van der Waals surface area contributed by atoms with Crippen molar-refractivity contribution < 1.29 is 29.0 Å². The summed E-state index contributed by atoms with van der Waals surface area (Å²) in [6.45, 7) is 5.45. The summed E-state index contributed by atoms with van der Waals surface area (Å²) in [7, 11) is 1.41. The Morgan fingerprint density at radius 2 is 1.59 bits per heavy atom. The third-order valence-corrected chi connectivity index (χ3v) is 5.57. The van der Waals surface area contributed by atoms with E-state index in [1.54, 1.807) is 0 Å². The number of alkyl carbamates (subject to hydrolysis) is 1. The molecule has 0 aliphatic heterocycles. The second kappa shape index (κ2) is 10.7. The smallest absolute Gasteiger partial charge is 0.407 e. The van der Waals surface area contributed by atoms with Crippen LogP contribution < -0.4 is 5.32 Å². The lowest BCUT2D eigenvalue weighted by atomic mass is 9.95. The quantitative estimate of drug-likeness (QED) is 0.584. The van der Waals surface area contributed by atoms with Crippen molar-refractivity contribution in [3.05, 3.63) is 59.7 Å². The van der Waals surface area contributed by atoms with E-state index in [4.69, 9.17) is 9.47 Å². The Morgan fingerprint density at radius 1 is 1.03 bits per heavy atom. The summed E-state index contributed by atoms with van der Waals surface area (Å²) in [5, 5.41) is 11.8. The number of methoxy groups -OCH3 is 1. The molecule has 2 amide bonds. The first-order valence-electron chi connectivity index (χ1n) is 11.2. The molecule has 2 N–H and O–H groups in total. The number of nitrogens with one attached hydrogen (secondary N) is 1. The SMILES string of the molecule is COCC(NC(=O)OCC1c2ccccc2-c2ccccc21)C(=O)N(CC(=O)O)CC(C)(C)C. The molecular weight excluding hydrogens is 436 g/mol. The van der Waals surface area contributed by atoms with E-state index >= 15 is 0 Å². The molecule has 0 aromatic heterocycles. The fraction of sp³-hybridized carbons (Fsp3) is 0.423. The summed E-state index contributed by atoms with van der Waals surface area (Å²) in [6.07, 6.45) is -0.761. The minimum atomic E-state index is -1.13. The summed E-state index contributed by atoms with van der Waals surface area (Å²) in [5.41, 5.74) is 4.07. The van der Waals surface area contributed by atoms with Gasteiger partial charge in [-0.25, -0.2) is 4.79 Å². The average Bonchev–Trinajstić information content (AvgIpc) is 3.09. The van der Waals surface area contributed by atoms with Gasteiger partial charge in [0.25, 0.3) is 0 Å². The molecule has 1 unspecified atom stereocenters. The van der Waals surface area contributed by atoms with Gasteiger partial charge in [-0.05, 0) is 27.7 Å². The molecule has 182 valence electrons. The predicted molar refractivity (Wildman–Crippen MR) is 128 cm³/mol. The molecule has 0 saturated heterocycles. The maximum Gasteiger partial charge on any atom is 0.407 e. The fourth-order valence-electron chi connectivity index (χ4n) is 4.29. The van der Waals surface area contributed by atoms with E-state index in [0.29, 0.717) is 0 Å². The van der Waals surface area contributed by atoms with Crippen molar-refractivity contribution in [2.24, 2.45) is 5.41 Å². The lowest BCUT2D eigenvalue weighted by molar-refractivity contribution is -0.146. The molecule has 3 rings (SSSR count). The van der Waals surface area contributed by atoms with Crippen LogP contribution in [0.2, 0.25) is 0 Å². The zero-order valence-corrected chi connectivity index (χ0v) is 20.0. The lowest BCUT2D eigenvalue weighted by Gasteiger charge is -2.31. The van der Waals surface area contributed by atoms with Crippen LogP contribution in [0, 0.1) is 5.41 Å². The van der Waals surface area contributed by atoms with Crippen LogP contribution in [0.3, 0.4) is 0 Å². The summed E-state index contributed by atoms with van der Waals surface area (Å²) in [4.78, 5) is 38.3. The van der Waals surface area contributed by atoms with Gasteiger partial charge in [-0.15, -0.1) is 0 Å². The summed E-state index contributed by atoms with van der Waals surface area (Å²) in [6, 6.07) is 14.9. The highest BCUT2D eigenvalue weighted by Gasteiger charge is 2.32. The number of ether oxygens (including phenoxy) is 2. The molecule has 1 aliphatic rings. The van der Waals surface area contributed by atoms with Crippen molar-refractivity contribution in [2.75, 3.05) is 33.4 Å². The maximum absolute atomic E-state index is 13.1. The topological polar surface area (TPSA) is 105 Å². The molecule has 0 radical (unpaired) electrons. The highest BCUT2D eigenvalue weighted by molar-refractivity contribution is 5.88. The van der Waals surface area contributed by atoms with Crippen molar-refractivity contribution in [1.82, 2.24) is 10.2 Å². The number of rotatable bonds is 9. The third kappa shape index (κ3) is 6.14. The van der Waals surface area contributed by atoms with Crippen LogP contribution in [0.5, 0.6) is 0 Å². The summed E-state index contributed by atoms with van der Waals surface area (Å²) in [5.74, 6) is -1.78. The first kappa shape index (κ1) is 25.2. The van der Waals surface area contributed by atoms with Gasteiger partial charge in [0.2, 0.25) is 5.91 Å². The molecule has 0 fully saturated rings. The Hall–Kier alpha value is -3.39. The van der Waals surface area contributed by atoms with Crippen LogP contribution >= 0.6 is 0 Å². The van der Waals surface area contributed by atoms with Gasteiger partial charge in [-0.3, -0.25) is 9.59 Å². The molecule has 0 spiro atoms. The number of fused-ring (bicyclic) bond motifs is 3. The molecule has 1 aliphatic carbocycles. The van der Waals surface area contributed by atoms with Gasteiger partial charge in [0, 0.05) is 19.6 Å². The number of nitrogens with zero attached hydrogens (tertiary/aromatic N) is 1. The largest absolute Gasteiger partial charge is 0.480 e. The zero-order chi connectivity index (χ0) is 24.9. The molecule has 0 heterocycles. The Bertz CT molecular complexity index is 1000. The Labute approximate surface area is 199 Å². The number of hydrogen-bond acceptors (Lipinski definition) is 5. The number of carboxylic acids is 1. The van der Waals surface area contributed by atoms with Crippen LogP contribution in [0.4, 0.5) is 4.79 Å². The highest BCUT2D eigenvalue weighted by Crippen LogP contribution is 2.44. The second-order valence-electron chi connectivity index (χ2n) is 9.63. The molecule has 8 nitrogen and oxygen atoms in total. The maximum atomic E-state index is 13.1. The average molecular weight is 469 g/mol. The molecule has 34 heavy (non-hydrogen) atoms. The number of carboxylic acid groups (broad SMARTS) is 1. The van der Waals surface area contributed by atoms with E-state index in [9.17, 15) is 19.5 Å². The minimum Gasteiger partial charge on any atom is -0.480 e. The van der Waals surface area contributed by atoms with Crippen molar-refractivity contribution >= 4 is 18.0 Å². The minimum absolute atomic E-state index is 0.106. The fourth-order valence-corrected chi connectivity index (χ4v) is 4.29. The molecule has 8 heteroatoms. The van der Waals surface area contributed by atoms with Gasteiger partial charge in [0.1, 0.15) is 19.2 Å². The van der Waals surface area contributed by atoms with Crippen LogP contribution in [-0.2, 0) is 19.1 Å². The number of hydrogen-bond donors (Lipinski definition) is 2. The standard InChI is InChI=1S/C26H32N2O6/c1-26(2,3)16-28(13-23(29)30)24(31)22(15-33-4)27-25(32)34-14-21-19-11-7-5-9-17(19)18-10-6-8-12-20(18)21/h5-12,21-22H,13-16H2,1-4H3,(H,27,32)(H,29,30). The molecule has 0 saturated carbocycles.